The monoisotopic (exact) mass is 363 g/mol. The first-order valence-corrected chi connectivity index (χ1v) is 7.29. The summed E-state index contributed by atoms with van der Waals surface area (Å²) in [5.41, 5.74) is 5.13. The minimum atomic E-state index is -4.57. The van der Waals surface area contributed by atoms with Crippen molar-refractivity contribution in [2.45, 2.75) is 13.1 Å². The smallest absolute Gasteiger partial charge is 0.382 e. The van der Waals surface area contributed by atoms with E-state index in [1.54, 1.807) is 6.92 Å². The molecule has 2 heterocycles. The molecule has 7 nitrogen and oxygen atoms in total. The maximum atomic E-state index is 13.2. The first-order valence-electron chi connectivity index (χ1n) is 7.29. The van der Waals surface area contributed by atoms with Crippen molar-refractivity contribution in [2.24, 2.45) is 0 Å². The van der Waals surface area contributed by atoms with Gasteiger partial charge in [0, 0.05) is 5.56 Å². The molecule has 0 radical (unpaired) electrons. The Bertz CT molecular complexity index is 969. The van der Waals surface area contributed by atoms with E-state index in [0.717, 1.165) is 18.5 Å². The van der Waals surface area contributed by atoms with Gasteiger partial charge < -0.3 is 15.6 Å². The van der Waals surface area contributed by atoms with Gasteiger partial charge in [-0.05, 0) is 13.0 Å². The maximum Gasteiger partial charge on any atom is 0.417 e. The van der Waals surface area contributed by atoms with Gasteiger partial charge in [0.25, 0.3) is 5.91 Å². The van der Waals surface area contributed by atoms with Gasteiger partial charge in [-0.25, -0.2) is 9.97 Å². The third-order valence-corrected chi connectivity index (χ3v) is 3.52. The topological polar surface area (TPSA) is 107 Å². The minimum absolute atomic E-state index is 0.0126. The number of carbonyl (C=O) groups excluding carboxylic acids is 1. The molecule has 0 aliphatic rings. The number of amides is 1. The summed E-state index contributed by atoms with van der Waals surface area (Å²) in [6.07, 6.45) is -2.28. The molecule has 0 atom stereocenters. The molecule has 3 rings (SSSR count). The second-order valence-electron chi connectivity index (χ2n) is 5.30. The van der Waals surface area contributed by atoms with Crippen LogP contribution in [-0.2, 0) is 6.18 Å². The summed E-state index contributed by atoms with van der Waals surface area (Å²) in [7, 11) is 0. The number of nitrogen functional groups attached to an aromatic ring is 1. The van der Waals surface area contributed by atoms with Gasteiger partial charge in [-0.1, -0.05) is 23.4 Å². The molecule has 26 heavy (non-hydrogen) atoms. The number of nitrogens with zero attached hydrogens (tertiary/aromatic N) is 3. The highest BCUT2D eigenvalue weighted by Gasteiger charge is 2.34. The van der Waals surface area contributed by atoms with Crippen LogP contribution in [0.25, 0.3) is 11.3 Å². The fraction of sp³-hybridized carbons (Fsp3) is 0.125. The Morgan fingerprint density at radius 1 is 1.27 bits per heavy atom. The van der Waals surface area contributed by atoms with Crippen LogP contribution in [0.1, 0.15) is 21.6 Å². The molecule has 0 unspecified atom stereocenters. The number of carbonyl (C=O) groups is 1. The first kappa shape index (κ1) is 17.4. The fourth-order valence-corrected chi connectivity index (χ4v) is 2.30. The number of alkyl halides is 3. The Balaban J connectivity index is 1.92. The summed E-state index contributed by atoms with van der Waals surface area (Å²) >= 11 is 0. The Morgan fingerprint density at radius 3 is 2.62 bits per heavy atom. The van der Waals surface area contributed by atoms with Crippen LogP contribution in [0.15, 0.2) is 41.2 Å². The summed E-state index contributed by atoms with van der Waals surface area (Å²) in [6, 6.07) is 4.89. The number of anilines is 2. The molecule has 0 bridgehead atoms. The minimum Gasteiger partial charge on any atom is -0.382 e. The largest absolute Gasteiger partial charge is 0.417 e. The number of nitrogens with two attached hydrogens (primary N) is 1. The van der Waals surface area contributed by atoms with Crippen LogP contribution in [0.4, 0.5) is 24.8 Å². The van der Waals surface area contributed by atoms with Gasteiger partial charge in [-0.3, -0.25) is 4.79 Å². The molecule has 2 aromatic heterocycles. The lowest BCUT2D eigenvalue weighted by Gasteiger charge is -2.13. The van der Waals surface area contributed by atoms with Gasteiger partial charge in [0.1, 0.15) is 17.5 Å². The molecule has 0 spiro atoms. The maximum absolute atomic E-state index is 13.2. The Morgan fingerprint density at radius 2 is 2.00 bits per heavy atom. The van der Waals surface area contributed by atoms with Crippen molar-refractivity contribution >= 4 is 17.5 Å². The molecule has 0 saturated heterocycles. The zero-order valence-electron chi connectivity index (χ0n) is 13.3. The molecule has 0 saturated carbocycles. The van der Waals surface area contributed by atoms with E-state index in [4.69, 9.17) is 5.73 Å². The standard InChI is InChI=1S/C16H12F3N5O2/c1-8-10(7-26-24-8)15(25)23-12-6-21-13(14(20)22-12)9-4-2-3-5-11(9)16(17,18)19/h2-7H,1H3,(H3,20,22,23,25). The van der Waals surface area contributed by atoms with Crippen LogP contribution in [0.5, 0.6) is 0 Å². The number of hydrogen-bond donors (Lipinski definition) is 2. The van der Waals surface area contributed by atoms with Crippen LogP contribution >= 0.6 is 0 Å². The van der Waals surface area contributed by atoms with Gasteiger partial charge in [-0.2, -0.15) is 13.2 Å². The van der Waals surface area contributed by atoms with Gasteiger partial charge in [0.05, 0.1) is 17.5 Å². The Labute approximate surface area is 145 Å². The molecule has 0 aliphatic carbocycles. The first-order chi connectivity index (χ1) is 12.3. The van der Waals surface area contributed by atoms with Crippen molar-refractivity contribution in [3.05, 3.63) is 53.5 Å². The van der Waals surface area contributed by atoms with E-state index in [9.17, 15) is 18.0 Å². The lowest BCUT2D eigenvalue weighted by molar-refractivity contribution is -0.137. The molecule has 3 aromatic rings. The fourth-order valence-electron chi connectivity index (χ4n) is 2.30. The normalized spacial score (nSPS) is 11.4. The number of benzene rings is 1. The zero-order valence-corrected chi connectivity index (χ0v) is 13.3. The van der Waals surface area contributed by atoms with E-state index in [-0.39, 0.29) is 28.5 Å². The van der Waals surface area contributed by atoms with Crippen molar-refractivity contribution in [1.29, 1.82) is 0 Å². The Kier molecular flexibility index (Phi) is 4.33. The Hall–Kier alpha value is -3.43. The van der Waals surface area contributed by atoms with E-state index in [2.05, 4.69) is 25.0 Å². The van der Waals surface area contributed by atoms with Gasteiger partial charge in [0.2, 0.25) is 0 Å². The van der Waals surface area contributed by atoms with E-state index >= 15 is 0 Å². The number of hydrogen-bond acceptors (Lipinski definition) is 6. The van der Waals surface area contributed by atoms with Crippen molar-refractivity contribution in [2.75, 3.05) is 11.1 Å². The number of aromatic nitrogens is 3. The average Bonchev–Trinajstić information content (AvgIpc) is 3.00. The highest BCUT2D eigenvalue weighted by atomic mass is 19.4. The third kappa shape index (κ3) is 3.34. The molecule has 134 valence electrons. The molecule has 10 heteroatoms. The third-order valence-electron chi connectivity index (χ3n) is 3.52. The average molecular weight is 363 g/mol. The summed E-state index contributed by atoms with van der Waals surface area (Å²) in [4.78, 5) is 19.9. The van der Waals surface area contributed by atoms with Crippen LogP contribution in [0.3, 0.4) is 0 Å². The lowest BCUT2D eigenvalue weighted by atomic mass is 10.0. The second-order valence-corrected chi connectivity index (χ2v) is 5.30. The van der Waals surface area contributed by atoms with Crippen LogP contribution in [0.2, 0.25) is 0 Å². The molecule has 0 aliphatic heterocycles. The van der Waals surface area contributed by atoms with Crippen LogP contribution in [0, 0.1) is 6.92 Å². The van der Waals surface area contributed by atoms with E-state index in [1.165, 1.54) is 18.2 Å². The van der Waals surface area contributed by atoms with Gasteiger partial charge in [0.15, 0.2) is 11.6 Å². The number of rotatable bonds is 3. The zero-order chi connectivity index (χ0) is 18.9. The van der Waals surface area contributed by atoms with Crippen molar-refractivity contribution in [1.82, 2.24) is 15.1 Å². The lowest BCUT2D eigenvalue weighted by Crippen LogP contribution is -2.15. The number of halogens is 3. The summed E-state index contributed by atoms with van der Waals surface area (Å²) < 4.78 is 44.1. The number of nitrogens with one attached hydrogen (secondary N) is 1. The number of aryl methyl sites for hydroxylation is 1. The van der Waals surface area contributed by atoms with E-state index in [0.29, 0.717) is 5.69 Å². The molecule has 3 N–H and O–H groups in total. The van der Waals surface area contributed by atoms with Crippen LogP contribution < -0.4 is 11.1 Å². The van der Waals surface area contributed by atoms with E-state index in [1.807, 2.05) is 0 Å². The van der Waals surface area contributed by atoms with Gasteiger partial charge >= 0.3 is 6.18 Å². The SMILES string of the molecule is Cc1nocc1C(=O)Nc1cnc(-c2ccccc2C(F)(F)F)c(N)n1. The quantitative estimate of drug-likeness (QED) is 0.739. The predicted octanol–water partition coefficient (Wildman–Crippen LogP) is 3.29. The van der Waals surface area contributed by atoms with Crippen molar-refractivity contribution in [3.8, 4) is 11.3 Å². The highest BCUT2D eigenvalue weighted by Crippen LogP contribution is 2.37. The summed E-state index contributed by atoms with van der Waals surface area (Å²) in [5, 5.41) is 6.01. The van der Waals surface area contributed by atoms with Gasteiger partial charge in [-0.15, -0.1) is 0 Å². The molecule has 1 amide bonds. The van der Waals surface area contributed by atoms with Crippen LogP contribution in [-0.4, -0.2) is 21.0 Å². The second kappa shape index (κ2) is 6.47. The summed E-state index contributed by atoms with van der Waals surface area (Å²) in [5.74, 6) is -0.816. The molecular weight excluding hydrogens is 351 g/mol. The molecule has 0 fully saturated rings. The van der Waals surface area contributed by atoms with E-state index < -0.39 is 17.6 Å². The predicted molar refractivity (Wildman–Crippen MR) is 86.1 cm³/mol. The summed E-state index contributed by atoms with van der Waals surface area (Å²) in [6.45, 7) is 1.58. The highest BCUT2D eigenvalue weighted by molar-refractivity contribution is 6.04. The molecular formula is C16H12F3N5O2. The molecule has 1 aromatic carbocycles. The van der Waals surface area contributed by atoms with Crippen molar-refractivity contribution in [3.63, 3.8) is 0 Å². The van der Waals surface area contributed by atoms with Crippen molar-refractivity contribution < 1.29 is 22.5 Å².